The summed E-state index contributed by atoms with van der Waals surface area (Å²) in [6.07, 6.45) is 4.02. The van der Waals surface area contributed by atoms with Crippen LogP contribution in [-0.2, 0) is 28.9 Å². The second-order valence-corrected chi connectivity index (χ2v) is 11.8. The van der Waals surface area contributed by atoms with Crippen molar-refractivity contribution in [3.8, 4) is 0 Å². The molecule has 1 aliphatic rings. The Kier molecular flexibility index (Phi) is 11.2. The predicted molar refractivity (Wildman–Crippen MR) is 141 cm³/mol. The Labute approximate surface area is 227 Å². The van der Waals surface area contributed by atoms with Gasteiger partial charge in [0, 0.05) is 23.7 Å². The minimum absolute atomic E-state index is 0.00732. The highest BCUT2D eigenvalue weighted by Gasteiger charge is 2.49. The Hall–Kier alpha value is -2.37. The maximum atomic E-state index is 15.0. The van der Waals surface area contributed by atoms with Crippen molar-refractivity contribution in [3.63, 3.8) is 0 Å². The van der Waals surface area contributed by atoms with E-state index in [4.69, 9.17) is 26.8 Å². The van der Waals surface area contributed by atoms with Crippen molar-refractivity contribution < 1.29 is 31.5 Å². The fourth-order valence-electron chi connectivity index (χ4n) is 4.60. The van der Waals surface area contributed by atoms with Crippen molar-refractivity contribution in [1.29, 1.82) is 0 Å². The quantitative estimate of drug-likeness (QED) is 0.277. The number of benzene rings is 2. The molecule has 7 nitrogen and oxygen atoms in total. The van der Waals surface area contributed by atoms with E-state index in [1.54, 1.807) is 6.08 Å². The monoisotopic (exact) mass is 570 g/mol. The summed E-state index contributed by atoms with van der Waals surface area (Å²) in [6, 6.07) is 8.56. The van der Waals surface area contributed by atoms with E-state index >= 15 is 0 Å². The van der Waals surface area contributed by atoms with Gasteiger partial charge in [-0.2, -0.15) is 0 Å². The van der Waals surface area contributed by atoms with Gasteiger partial charge >= 0.3 is 0 Å². The third-order valence-corrected chi connectivity index (χ3v) is 9.40. The van der Waals surface area contributed by atoms with Crippen LogP contribution in [0.1, 0.15) is 31.2 Å². The lowest BCUT2D eigenvalue weighted by molar-refractivity contribution is -0.116. The summed E-state index contributed by atoms with van der Waals surface area (Å²) in [5, 5.41) is 3.09. The average Bonchev–Trinajstić information content (AvgIpc) is 2.91. The lowest BCUT2D eigenvalue weighted by Gasteiger charge is -2.39. The third-order valence-electron chi connectivity index (χ3n) is 6.60. The number of hydrogen-bond donors (Lipinski definition) is 2. The highest BCUT2D eigenvalue weighted by molar-refractivity contribution is 7.92. The molecule has 0 bridgehead atoms. The number of halogens is 3. The standard InChI is InChI=1S/C27H33ClF2N2O5S/c28-21-2-5-23(6-3-21)38(34,35)27(24-19-22(29)4-7-25(24)30)11-9-20(10-12-27)1-8-26(33)32-14-16-37-18-17-36-15-13-31/h1-8,19-20H,9-18,31H2,(H,32,33). The van der Waals surface area contributed by atoms with E-state index in [-0.39, 0.29) is 35.1 Å². The number of carbonyl (C=O) groups excluding carboxylic acids is 1. The van der Waals surface area contributed by atoms with E-state index in [2.05, 4.69) is 5.32 Å². The predicted octanol–water partition coefficient (Wildman–Crippen LogP) is 4.14. The zero-order valence-electron chi connectivity index (χ0n) is 21.0. The van der Waals surface area contributed by atoms with Crippen LogP contribution in [0.15, 0.2) is 59.5 Å². The van der Waals surface area contributed by atoms with Gasteiger partial charge in [-0.05, 0) is 80.1 Å². The van der Waals surface area contributed by atoms with E-state index in [0.29, 0.717) is 57.4 Å². The summed E-state index contributed by atoms with van der Waals surface area (Å²) in [6.45, 7) is 2.41. The molecular formula is C27H33ClF2N2O5S. The first kappa shape index (κ1) is 30.2. The van der Waals surface area contributed by atoms with Crippen LogP contribution < -0.4 is 11.1 Å². The largest absolute Gasteiger partial charge is 0.378 e. The highest BCUT2D eigenvalue weighted by atomic mass is 35.5. The molecule has 3 N–H and O–H groups in total. The number of ether oxygens (including phenoxy) is 2. The Bertz CT molecular complexity index is 1200. The Morgan fingerprint density at radius 3 is 2.37 bits per heavy atom. The molecule has 38 heavy (non-hydrogen) atoms. The molecule has 0 atom stereocenters. The van der Waals surface area contributed by atoms with Crippen LogP contribution in [0.25, 0.3) is 0 Å². The molecule has 0 unspecified atom stereocenters. The fraction of sp³-hybridized carbons (Fsp3) is 0.444. The first-order valence-electron chi connectivity index (χ1n) is 12.5. The Balaban J connectivity index is 1.66. The van der Waals surface area contributed by atoms with Gasteiger partial charge < -0.3 is 20.5 Å². The first-order valence-corrected chi connectivity index (χ1v) is 14.3. The smallest absolute Gasteiger partial charge is 0.243 e. The summed E-state index contributed by atoms with van der Waals surface area (Å²) in [5.41, 5.74) is 5.15. The van der Waals surface area contributed by atoms with Crippen molar-refractivity contribution in [3.05, 3.63) is 76.8 Å². The van der Waals surface area contributed by atoms with Gasteiger partial charge in [-0.3, -0.25) is 4.79 Å². The van der Waals surface area contributed by atoms with Crippen LogP contribution in [0.4, 0.5) is 8.78 Å². The number of nitrogens with two attached hydrogens (primary N) is 1. The number of allylic oxidation sites excluding steroid dienone is 1. The number of rotatable bonds is 13. The molecule has 0 aromatic heterocycles. The molecule has 208 valence electrons. The van der Waals surface area contributed by atoms with Crippen molar-refractivity contribution in [1.82, 2.24) is 5.32 Å². The Morgan fingerprint density at radius 2 is 1.71 bits per heavy atom. The lowest BCUT2D eigenvalue weighted by atomic mass is 9.77. The molecule has 1 saturated carbocycles. The van der Waals surface area contributed by atoms with Crippen LogP contribution in [-0.4, -0.2) is 53.8 Å². The normalized spacial score (nSPS) is 20.1. The molecular weight excluding hydrogens is 538 g/mol. The molecule has 0 saturated heterocycles. The molecule has 0 heterocycles. The SMILES string of the molecule is NCCOCCOCCNC(=O)C=CC1CCC(c2cc(F)ccc2F)(S(=O)(=O)c2ccc(Cl)cc2)CC1. The molecule has 2 aromatic rings. The molecule has 1 aliphatic carbocycles. The minimum atomic E-state index is -4.11. The van der Waals surface area contributed by atoms with E-state index in [9.17, 15) is 22.0 Å². The highest BCUT2D eigenvalue weighted by Crippen LogP contribution is 2.49. The van der Waals surface area contributed by atoms with Gasteiger partial charge in [0.05, 0.1) is 31.3 Å². The van der Waals surface area contributed by atoms with Crippen LogP contribution >= 0.6 is 11.6 Å². The number of amides is 1. The molecule has 2 aromatic carbocycles. The summed E-state index contributed by atoms with van der Waals surface area (Å²) in [4.78, 5) is 12.2. The number of sulfone groups is 1. The van der Waals surface area contributed by atoms with E-state index in [1.165, 1.54) is 30.3 Å². The van der Waals surface area contributed by atoms with Crippen molar-refractivity contribution in [2.45, 2.75) is 35.3 Å². The average molecular weight is 571 g/mol. The lowest BCUT2D eigenvalue weighted by Crippen LogP contribution is -2.40. The van der Waals surface area contributed by atoms with Gasteiger partial charge in [0.25, 0.3) is 0 Å². The zero-order chi connectivity index (χ0) is 27.6. The van der Waals surface area contributed by atoms with E-state index in [1.807, 2.05) is 0 Å². The number of hydrogen-bond acceptors (Lipinski definition) is 6. The topological polar surface area (TPSA) is 108 Å². The van der Waals surface area contributed by atoms with Crippen LogP contribution in [0.3, 0.4) is 0 Å². The van der Waals surface area contributed by atoms with Crippen molar-refractivity contribution in [2.75, 3.05) is 39.5 Å². The second-order valence-electron chi connectivity index (χ2n) is 9.08. The summed E-state index contributed by atoms with van der Waals surface area (Å²) in [7, 11) is -4.11. The van der Waals surface area contributed by atoms with Gasteiger partial charge in [-0.25, -0.2) is 17.2 Å². The maximum absolute atomic E-state index is 15.0. The molecule has 0 aliphatic heterocycles. The second kappa shape index (κ2) is 14.1. The van der Waals surface area contributed by atoms with E-state index < -0.39 is 26.2 Å². The summed E-state index contributed by atoms with van der Waals surface area (Å²) in [5.74, 6) is -1.88. The zero-order valence-corrected chi connectivity index (χ0v) is 22.6. The van der Waals surface area contributed by atoms with Gasteiger partial charge in [0.1, 0.15) is 16.4 Å². The van der Waals surface area contributed by atoms with Crippen molar-refractivity contribution in [2.24, 2.45) is 11.7 Å². The van der Waals surface area contributed by atoms with Gasteiger partial charge in [-0.15, -0.1) is 0 Å². The number of carbonyl (C=O) groups is 1. The first-order chi connectivity index (χ1) is 18.2. The fourth-order valence-corrected chi connectivity index (χ4v) is 6.89. The van der Waals surface area contributed by atoms with Crippen LogP contribution in [0.5, 0.6) is 0 Å². The minimum Gasteiger partial charge on any atom is -0.378 e. The molecule has 3 rings (SSSR count). The van der Waals surface area contributed by atoms with Gasteiger partial charge in [-0.1, -0.05) is 17.7 Å². The van der Waals surface area contributed by atoms with Crippen LogP contribution in [0, 0.1) is 17.6 Å². The van der Waals surface area contributed by atoms with Gasteiger partial charge in [0.15, 0.2) is 9.84 Å². The third kappa shape index (κ3) is 7.60. The summed E-state index contributed by atoms with van der Waals surface area (Å²) < 4.78 is 65.8. The molecule has 1 fully saturated rings. The van der Waals surface area contributed by atoms with Crippen LogP contribution in [0.2, 0.25) is 5.02 Å². The summed E-state index contributed by atoms with van der Waals surface area (Å²) >= 11 is 5.93. The molecule has 1 amide bonds. The van der Waals surface area contributed by atoms with E-state index in [0.717, 1.165) is 18.2 Å². The van der Waals surface area contributed by atoms with Crippen molar-refractivity contribution >= 4 is 27.3 Å². The Morgan fingerprint density at radius 1 is 1.05 bits per heavy atom. The molecule has 0 spiro atoms. The molecule has 11 heteroatoms. The maximum Gasteiger partial charge on any atom is 0.243 e. The van der Waals surface area contributed by atoms with Gasteiger partial charge in [0.2, 0.25) is 5.91 Å². The molecule has 0 radical (unpaired) electrons. The number of nitrogens with one attached hydrogen (secondary N) is 1.